The van der Waals surface area contributed by atoms with Crippen LogP contribution in [0.15, 0.2) is 34.9 Å². The van der Waals surface area contributed by atoms with Gasteiger partial charge in [-0.05, 0) is 113 Å². The number of aliphatic hydroxyl groups is 1. The zero-order valence-corrected chi connectivity index (χ0v) is 21.6. The molecule has 1 N–H and O–H groups in total. The van der Waals surface area contributed by atoms with E-state index in [0.717, 1.165) is 17.8 Å². The van der Waals surface area contributed by atoms with Gasteiger partial charge in [0.2, 0.25) is 0 Å². The van der Waals surface area contributed by atoms with Crippen LogP contribution >= 0.6 is 0 Å². The van der Waals surface area contributed by atoms with Gasteiger partial charge in [-0.2, -0.15) is 0 Å². The molecule has 0 spiro atoms. The SMILES string of the molecule is CC.CC(C)=CCC/C(C)=C1/CCC2(C)C1CCC1C2CCC2C(CO)C=CCC21C. The van der Waals surface area contributed by atoms with Crippen LogP contribution in [-0.4, -0.2) is 11.7 Å². The first-order chi connectivity index (χ1) is 14.8. The van der Waals surface area contributed by atoms with Gasteiger partial charge in [-0.3, -0.25) is 0 Å². The molecule has 1 nitrogen and oxygen atoms in total. The van der Waals surface area contributed by atoms with Crippen molar-refractivity contribution in [3.8, 4) is 0 Å². The Morgan fingerprint density at radius 3 is 2.32 bits per heavy atom. The van der Waals surface area contributed by atoms with Crippen LogP contribution in [0.3, 0.4) is 0 Å². The highest BCUT2D eigenvalue weighted by Crippen LogP contribution is 2.68. The van der Waals surface area contributed by atoms with Crippen LogP contribution < -0.4 is 0 Å². The quantitative estimate of drug-likeness (QED) is 0.447. The molecule has 0 amide bonds. The van der Waals surface area contributed by atoms with Gasteiger partial charge in [0.1, 0.15) is 0 Å². The minimum atomic E-state index is 0.339. The summed E-state index contributed by atoms with van der Waals surface area (Å²) in [5.41, 5.74) is 5.92. The van der Waals surface area contributed by atoms with E-state index in [1.807, 2.05) is 19.4 Å². The van der Waals surface area contributed by atoms with E-state index in [2.05, 4.69) is 52.8 Å². The Labute approximate surface area is 193 Å². The summed E-state index contributed by atoms with van der Waals surface area (Å²) < 4.78 is 0. The molecule has 4 aliphatic carbocycles. The first-order valence-corrected chi connectivity index (χ1v) is 13.4. The molecule has 0 aromatic heterocycles. The molecule has 0 bridgehead atoms. The molecule has 0 radical (unpaired) electrons. The molecular formula is C30H50O. The fourth-order valence-corrected chi connectivity index (χ4v) is 8.46. The maximum atomic E-state index is 9.98. The van der Waals surface area contributed by atoms with Crippen molar-refractivity contribution in [2.24, 2.45) is 40.4 Å². The maximum absolute atomic E-state index is 9.98. The summed E-state index contributed by atoms with van der Waals surface area (Å²) in [5.74, 6) is 3.67. The molecule has 0 aromatic rings. The predicted molar refractivity (Wildman–Crippen MR) is 135 cm³/mol. The predicted octanol–water partition coefficient (Wildman–Crippen LogP) is 8.50. The smallest absolute Gasteiger partial charge is 0.0496 e. The molecule has 3 saturated carbocycles. The Balaban J connectivity index is 0.00000132. The van der Waals surface area contributed by atoms with Crippen molar-refractivity contribution in [2.45, 2.75) is 106 Å². The van der Waals surface area contributed by atoms with Crippen LogP contribution in [-0.2, 0) is 0 Å². The average Bonchev–Trinajstić information content (AvgIpc) is 3.11. The maximum Gasteiger partial charge on any atom is 0.0496 e. The lowest BCUT2D eigenvalue weighted by molar-refractivity contribution is -0.113. The molecule has 0 saturated heterocycles. The first kappa shape index (κ1) is 24.8. The van der Waals surface area contributed by atoms with Crippen LogP contribution in [0.5, 0.6) is 0 Å². The van der Waals surface area contributed by atoms with Crippen LogP contribution in [0, 0.1) is 40.4 Å². The van der Waals surface area contributed by atoms with Crippen LogP contribution in [0.1, 0.15) is 106 Å². The van der Waals surface area contributed by atoms with Gasteiger partial charge in [-0.15, -0.1) is 0 Å². The lowest BCUT2D eigenvalue weighted by atomic mass is 9.43. The van der Waals surface area contributed by atoms with Gasteiger partial charge < -0.3 is 5.11 Å². The Kier molecular flexibility index (Phi) is 7.99. The van der Waals surface area contributed by atoms with Crippen molar-refractivity contribution in [3.05, 3.63) is 34.9 Å². The summed E-state index contributed by atoms with van der Waals surface area (Å²) in [6.45, 7) is 16.5. The third-order valence-corrected chi connectivity index (χ3v) is 10.0. The highest BCUT2D eigenvalue weighted by Gasteiger charge is 2.60. The number of aliphatic hydroxyl groups excluding tert-OH is 1. The van der Waals surface area contributed by atoms with Crippen LogP contribution in [0.25, 0.3) is 0 Å². The third kappa shape index (κ3) is 4.38. The molecule has 7 unspecified atom stereocenters. The van der Waals surface area contributed by atoms with Gasteiger partial charge in [0, 0.05) is 12.5 Å². The highest BCUT2D eigenvalue weighted by molar-refractivity contribution is 5.27. The number of hydrogen-bond donors (Lipinski definition) is 1. The summed E-state index contributed by atoms with van der Waals surface area (Å²) in [4.78, 5) is 0. The van der Waals surface area contributed by atoms with Gasteiger partial charge in [0.25, 0.3) is 0 Å². The number of allylic oxidation sites excluding steroid dienone is 5. The van der Waals surface area contributed by atoms with Crippen molar-refractivity contribution >= 4 is 0 Å². The summed E-state index contributed by atoms with van der Waals surface area (Å²) in [5, 5.41) is 9.98. The largest absolute Gasteiger partial charge is 0.396 e. The molecule has 1 heteroatoms. The van der Waals surface area contributed by atoms with Crippen molar-refractivity contribution in [2.75, 3.05) is 6.61 Å². The molecule has 0 aromatic carbocycles. The Morgan fingerprint density at radius 1 is 1.00 bits per heavy atom. The topological polar surface area (TPSA) is 20.2 Å². The zero-order chi connectivity index (χ0) is 22.8. The average molecular weight is 427 g/mol. The van der Waals surface area contributed by atoms with E-state index in [1.54, 1.807) is 5.57 Å². The lowest BCUT2D eigenvalue weighted by Gasteiger charge is -2.61. The van der Waals surface area contributed by atoms with Gasteiger partial charge in [-0.25, -0.2) is 0 Å². The van der Waals surface area contributed by atoms with E-state index in [-0.39, 0.29) is 0 Å². The highest BCUT2D eigenvalue weighted by atomic mass is 16.3. The molecule has 3 fully saturated rings. The fraction of sp³-hybridized carbons (Fsp3) is 0.800. The van der Waals surface area contributed by atoms with Gasteiger partial charge in [0.15, 0.2) is 0 Å². The minimum Gasteiger partial charge on any atom is -0.396 e. The Morgan fingerprint density at radius 2 is 1.65 bits per heavy atom. The monoisotopic (exact) mass is 426 g/mol. The summed E-state index contributed by atoms with van der Waals surface area (Å²) in [7, 11) is 0. The number of hydrogen-bond acceptors (Lipinski definition) is 1. The third-order valence-electron chi connectivity index (χ3n) is 10.0. The van der Waals surface area contributed by atoms with Gasteiger partial charge >= 0.3 is 0 Å². The van der Waals surface area contributed by atoms with E-state index in [1.165, 1.54) is 63.4 Å². The standard InChI is InChI=1S/C28H44O.C2H6/c1-19(2)8-6-9-20(3)22-15-17-28(5)24(22)12-14-25-26(28)13-11-23-21(18-29)10-7-16-27(23,25)4;1-2/h7-8,10,21,23-26,29H,6,9,11-18H2,1-5H3;1-2H3/b22-20-;. The lowest BCUT2D eigenvalue weighted by Crippen LogP contribution is -2.54. The van der Waals surface area contributed by atoms with E-state index in [0.29, 0.717) is 29.3 Å². The first-order valence-electron chi connectivity index (χ1n) is 13.4. The van der Waals surface area contributed by atoms with Crippen molar-refractivity contribution in [3.63, 3.8) is 0 Å². The second-order valence-corrected chi connectivity index (χ2v) is 11.6. The van der Waals surface area contributed by atoms with E-state index in [9.17, 15) is 5.11 Å². The van der Waals surface area contributed by atoms with E-state index >= 15 is 0 Å². The molecular weight excluding hydrogens is 376 g/mol. The number of fused-ring (bicyclic) bond motifs is 5. The normalized spacial score (nSPS) is 42.5. The molecule has 0 aliphatic heterocycles. The molecule has 4 aliphatic rings. The second kappa shape index (κ2) is 9.98. The summed E-state index contributed by atoms with van der Waals surface area (Å²) in [6.07, 6.45) is 19.1. The summed E-state index contributed by atoms with van der Waals surface area (Å²) >= 11 is 0. The number of rotatable bonds is 4. The zero-order valence-electron chi connectivity index (χ0n) is 21.6. The Bertz CT molecular complexity index is 708. The van der Waals surface area contributed by atoms with E-state index in [4.69, 9.17) is 0 Å². The Hall–Kier alpha value is -0.820. The molecule has 176 valence electrons. The van der Waals surface area contributed by atoms with Crippen LogP contribution in [0.2, 0.25) is 0 Å². The van der Waals surface area contributed by atoms with E-state index < -0.39 is 0 Å². The second-order valence-electron chi connectivity index (χ2n) is 11.6. The molecule has 7 atom stereocenters. The van der Waals surface area contributed by atoms with Crippen molar-refractivity contribution < 1.29 is 5.11 Å². The fourth-order valence-electron chi connectivity index (χ4n) is 8.46. The van der Waals surface area contributed by atoms with Gasteiger partial charge in [-0.1, -0.05) is 62.6 Å². The molecule has 31 heavy (non-hydrogen) atoms. The van der Waals surface area contributed by atoms with Crippen molar-refractivity contribution in [1.29, 1.82) is 0 Å². The molecule has 0 heterocycles. The van der Waals surface area contributed by atoms with Gasteiger partial charge in [0.05, 0.1) is 0 Å². The van der Waals surface area contributed by atoms with Crippen LogP contribution in [0.4, 0.5) is 0 Å². The minimum absolute atomic E-state index is 0.339. The molecule has 4 rings (SSSR count). The van der Waals surface area contributed by atoms with Crippen molar-refractivity contribution in [1.82, 2.24) is 0 Å². The summed E-state index contributed by atoms with van der Waals surface area (Å²) in [6, 6.07) is 0.